The Labute approximate surface area is 146 Å². The molecule has 4 rings (SSSR count). The summed E-state index contributed by atoms with van der Waals surface area (Å²) in [4.78, 5) is 16.9. The Hall–Kier alpha value is -1.09. The van der Waals surface area contributed by atoms with Crippen molar-refractivity contribution in [3.8, 4) is 0 Å². The first-order chi connectivity index (χ1) is 11.8. The van der Waals surface area contributed by atoms with Crippen LogP contribution in [0.15, 0.2) is 6.07 Å². The quantitative estimate of drug-likeness (QED) is 0.774. The maximum atomic E-state index is 12.6. The highest BCUT2D eigenvalue weighted by Gasteiger charge is 2.30. The molecule has 1 amide bonds. The number of hydrogen-bond donors (Lipinski definition) is 0. The Morgan fingerprint density at radius 1 is 1.25 bits per heavy atom. The van der Waals surface area contributed by atoms with Crippen LogP contribution in [0.3, 0.4) is 0 Å². The van der Waals surface area contributed by atoms with Gasteiger partial charge in [0.05, 0.1) is 44.3 Å². The van der Waals surface area contributed by atoms with E-state index >= 15 is 0 Å². The molecule has 0 aliphatic carbocycles. The molecular weight excluding hydrogens is 328 g/mol. The van der Waals surface area contributed by atoms with Crippen molar-refractivity contribution in [1.82, 2.24) is 19.6 Å². The van der Waals surface area contributed by atoms with Crippen LogP contribution >= 0.6 is 11.8 Å². The Kier molecular flexibility index (Phi) is 5.07. The highest BCUT2D eigenvalue weighted by atomic mass is 32.2. The predicted molar refractivity (Wildman–Crippen MR) is 90.8 cm³/mol. The van der Waals surface area contributed by atoms with Gasteiger partial charge in [0.1, 0.15) is 0 Å². The molecule has 1 aromatic rings. The summed E-state index contributed by atoms with van der Waals surface area (Å²) in [5.41, 5.74) is 2.23. The lowest BCUT2D eigenvalue weighted by atomic mass is 10.2. The second-order valence-corrected chi connectivity index (χ2v) is 7.66. The van der Waals surface area contributed by atoms with Crippen LogP contribution in [0, 0.1) is 0 Å². The van der Waals surface area contributed by atoms with Crippen LogP contribution in [-0.2, 0) is 33.9 Å². The van der Waals surface area contributed by atoms with Crippen LogP contribution in [0.1, 0.15) is 11.4 Å². The number of hydrogen-bond acceptors (Lipinski definition) is 6. The monoisotopic (exact) mass is 352 g/mol. The van der Waals surface area contributed by atoms with Gasteiger partial charge in [-0.25, -0.2) is 0 Å². The molecular formula is C16H24N4O3S. The largest absolute Gasteiger partial charge is 0.376 e. The lowest BCUT2D eigenvalue weighted by Crippen LogP contribution is -2.47. The van der Waals surface area contributed by atoms with Crippen molar-refractivity contribution in [1.29, 1.82) is 0 Å². The molecule has 1 aromatic heterocycles. The molecule has 3 aliphatic rings. The molecule has 0 spiro atoms. The molecule has 7 nitrogen and oxygen atoms in total. The van der Waals surface area contributed by atoms with Gasteiger partial charge in [0, 0.05) is 37.7 Å². The summed E-state index contributed by atoms with van der Waals surface area (Å²) < 4.78 is 12.9. The van der Waals surface area contributed by atoms with Crippen LogP contribution in [-0.4, -0.2) is 82.6 Å². The third-order valence-electron chi connectivity index (χ3n) is 4.74. The summed E-state index contributed by atoms with van der Waals surface area (Å²) >= 11 is 2.02. The summed E-state index contributed by atoms with van der Waals surface area (Å²) in [6, 6.07) is 2.15. The summed E-state index contributed by atoms with van der Waals surface area (Å²) in [7, 11) is 0. The van der Waals surface area contributed by atoms with Gasteiger partial charge >= 0.3 is 0 Å². The van der Waals surface area contributed by atoms with E-state index in [2.05, 4.69) is 15.6 Å². The Bertz CT molecular complexity index is 582. The summed E-state index contributed by atoms with van der Waals surface area (Å²) in [5, 5.41) is 4.73. The molecule has 0 saturated carbocycles. The number of carbonyl (C=O) groups is 1. The zero-order chi connectivity index (χ0) is 16.4. The van der Waals surface area contributed by atoms with Gasteiger partial charge in [0.2, 0.25) is 0 Å². The minimum atomic E-state index is -0.446. The van der Waals surface area contributed by atoms with E-state index in [0.29, 0.717) is 32.9 Å². The number of amides is 1. The van der Waals surface area contributed by atoms with Crippen LogP contribution in [0.2, 0.25) is 0 Å². The molecule has 0 radical (unpaired) electrons. The van der Waals surface area contributed by atoms with Crippen LogP contribution in [0.4, 0.5) is 0 Å². The van der Waals surface area contributed by atoms with Crippen molar-refractivity contribution in [3.63, 3.8) is 0 Å². The first-order valence-corrected chi connectivity index (χ1v) is 9.79. The molecule has 2 fully saturated rings. The van der Waals surface area contributed by atoms with Gasteiger partial charge in [-0.3, -0.25) is 14.4 Å². The number of aromatic nitrogens is 2. The molecule has 0 N–H and O–H groups in total. The molecule has 2 saturated heterocycles. The number of ether oxygens (including phenoxy) is 2. The summed E-state index contributed by atoms with van der Waals surface area (Å²) in [6.07, 6.45) is -0.446. The summed E-state index contributed by atoms with van der Waals surface area (Å²) in [5.74, 6) is 2.45. The van der Waals surface area contributed by atoms with Crippen molar-refractivity contribution >= 4 is 17.7 Å². The van der Waals surface area contributed by atoms with Crippen molar-refractivity contribution in [2.75, 3.05) is 51.0 Å². The van der Waals surface area contributed by atoms with Crippen molar-refractivity contribution in [3.05, 3.63) is 17.5 Å². The first kappa shape index (κ1) is 16.4. The van der Waals surface area contributed by atoms with Gasteiger partial charge in [-0.2, -0.15) is 16.9 Å². The van der Waals surface area contributed by atoms with Gasteiger partial charge in [-0.1, -0.05) is 0 Å². The van der Waals surface area contributed by atoms with Crippen molar-refractivity contribution < 1.29 is 14.3 Å². The molecule has 1 atom stereocenters. The molecule has 8 heteroatoms. The Balaban J connectivity index is 1.38. The fraction of sp³-hybridized carbons (Fsp3) is 0.750. The fourth-order valence-corrected chi connectivity index (χ4v) is 4.39. The van der Waals surface area contributed by atoms with E-state index < -0.39 is 6.10 Å². The number of thioether (sulfide) groups is 1. The van der Waals surface area contributed by atoms with E-state index in [4.69, 9.17) is 14.6 Å². The minimum Gasteiger partial charge on any atom is -0.376 e. The van der Waals surface area contributed by atoms with Crippen molar-refractivity contribution in [2.45, 2.75) is 25.7 Å². The zero-order valence-electron chi connectivity index (χ0n) is 13.9. The zero-order valence-corrected chi connectivity index (χ0v) is 14.7. The molecule has 4 heterocycles. The van der Waals surface area contributed by atoms with Crippen LogP contribution in [0.5, 0.6) is 0 Å². The van der Waals surface area contributed by atoms with Gasteiger partial charge in [-0.05, 0) is 6.07 Å². The van der Waals surface area contributed by atoms with Gasteiger partial charge in [-0.15, -0.1) is 0 Å². The van der Waals surface area contributed by atoms with Crippen molar-refractivity contribution in [2.24, 2.45) is 0 Å². The van der Waals surface area contributed by atoms with E-state index in [1.165, 1.54) is 11.5 Å². The molecule has 0 aromatic carbocycles. The Morgan fingerprint density at radius 3 is 2.92 bits per heavy atom. The van der Waals surface area contributed by atoms with E-state index in [1.54, 1.807) is 0 Å². The van der Waals surface area contributed by atoms with Crippen LogP contribution in [0.25, 0.3) is 0 Å². The second-order valence-electron chi connectivity index (χ2n) is 6.43. The minimum absolute atomic E-state index is 0.0387. The number of rotatable bonds is 3. The number of carbonyl (C=O) groups excluding carboxylic acids is 1. The van der Waals surface area contributed by atoms with E-state index in [1.807, 2.05) is 16.7 Å². The maximum absolute atomic E-state index is 12.6. The molecule has 3 aliphatic heterocycles. The maximum Gasteiger partial charge on any atom is 0.254 e. The number of nitrogens with zero attached hydrogens (tertiary/aromatic N) is 4. The van der Waals surface area contributed by atoms with E-state index in [0.717, 1.165) is 37.6 Å². The highest BCUT2D eigenvalue weighted by Crippen LogP contribution is 2.18. The fourth-order valence-electron chi connectivity index (χ4n) is 3.41. The smallest absolute Gasteiger partial charge is 0.254 e. The third-order valence-corrected chi connectivity index (χ3v) is 5.68. The standard InChI is InChI=1S/C16H24N4O3S/c21-16(15-12-22-5-6-23-15)19-1-2-20-14(11-19)9-13(17-20)10-18-3-7-24-8-4-18/h9,15H,1-8,10-12H2. The van der Waals surface area contributed by atoms with Gasteiger partial charge in [0.25, 0.3) is 5.91 Å². The predicted octanol–water partition coefficient (Wildman–Crippen LogP) is 0.190. The van der Waals surface area contributed by atoms with Crippen LogP contribution < -0.4 is 0 Å². The lowest BCUT2D eigenvalue weighted by Gasteiger charge is -2.32. The molecule has 24 heavy (non-hydrogen) atoms. The molecule has 0 bridgehead atoms. The Morgan fingerprint density at radius 2 is 2.12 bits per heavy atom. The SMILES string of the molecule is O=C(C1COCCO1)N1CCn2nc(CN3CCSCC3)cc2C1. The average molecular weight is 352 g/mol. The topological polar surface area (TPSA) is 59.8 Å². The van der Waals surface area contributed by atoms with E-state index in [-0.39, 0.29) is 5.91 Å². The molecule has 132 valence electrons. The first-order valence-electron chi connectivity index (χ1n) is 8.63. The molecule has 1 unspecified atom stereocenters. The average Bonchev–Trinajstić information content (AvgIpc) is 3.04. The number of fused-ring (bicyclic) bond motifs is 1. The normalized spacial score (nSPS) is 25.5. The summed E-state index contributed by atoms with van der Waals surface area (Å²) in [6.45, 7) is 6.68. The second kappa shape index (κ2) is 7.43. The lowest BCUT2D eigenvalue weighted by molar-refractivity contribution is -0.159. The third kappa shape index (κ3) is 3.61. The van der Waals surface area contributed by atoms with Gasteiger partial charge in [0.15, 0.2) is 6.10 Å². The highest BCUT2D eigenvalue weighted by molar-refractivity contribution is 7.99. The van der Waals surface area contributed by atoms with Gasteiger partial charge < -0.3 is 14.4 Å². The van der Waals surface area contributed by atoms with E-state index in [9.17, 15) is 4.79 Å².